The predicted molar refractivity (Wildman–Crippen MR) is 67.8 cm³/mol. The lowest BCUT2D eigenvalue weighted by Crippen LogP contribution is -2.42. The molecule has 4 nitrogen and oxygen atoms in total. The van der Waals surface area contributed by atoms with Gasteiger partial charge in [-0.3, -0.25) is 0 Å². The first-order valence-electron chi connectivity index (χ1n) is 6.85. The van der Waals surface area contributed by atoms with Gasteiger partial charge in [0.2, 0.25) is 0 Å². The first kappa shape index (κ1) is 13.3. The number of ether oxygens (including phenoxy) is 2. The molecule has 17 heavy (non-hydrogen) atoms. The summed E-state index contributed by atoms with van der Waals surface area (Å²) in [5.74, 6) is -0.393. The van der Waals surface area contributed by atoms with Gasteiger partial charge in [0.15, 0.2) is 5.79 Å². The molecular weight excluding hydrogens is 216 g/mol. The Hall–Kier alpha value is -0.160. The number of nitrogens with zero attached hydrogens (tertiary/aromatic N) is 1. The first-order valence-corrected chi connectivity index (χ1v) is 6.85. The molecule has 0 bridgehead atoms. The fourth-order valence-electron chi connectivity index (χ4n) is 2.96. The molecule has 100 valence electrons. The molecule has 2 aliphatic rings. The Morgan fingerprint density at radius 1 is 1.41 bits per heavy atom. The number of hydrogen-bond acceptors (Lipinski definition) is 4. The van der Waals surface area contributed by atoms with Crippen molar-refractivity contribution in [1.82, 2.24) is 4.90 Å². The van der Waals surface area contributed by atoms with Crippen LogP contribution in [0.15, 0.2) is 0 Å². The number of piperidine rings is 1. The largest absolute Gasteiger partial charge is 0.347 e. The highest BCUT2D eigenvalue weighted by Crippen LogP contribution is 2.32. The summed E-state index contributed by atoms with van der Waals surface area (Å²) in [4.78, 5) is 2.44. The molecule has 0 aliphatic carbocycles. The molecule has 2 rings (SSSR count). The lowest BCUT2D eigenvalue weighted by atomic mass is 9.96. The van der Waals surface area contributed by atoms with E-state index in [0.29, 0.717) is 19.2 Å². The molecule has 2 N–H and O–H groups in total. The van der Waals surface area contributed by atoms with Gasteiger partial charge in [-0.15, -0.1) is 0 Å². The van der Waals surface area contributed by atoms with Crippen molar-refractivity contribution in [2.24, 2.45) is 5.73 Å². The number of likely N-dealkylation sites (tertiary alicyclic amines) is 1. The van der Waals surface area contributed by atoms with Crippen molar-refractivity contribution < 1.29 is 9.47 Å². The summed E-state index contributed by atoms with van der Waals surface area (Å²) in [6, 6.07) is 0.602. The van der Waals surface area contributed by atoms with Crippen LogP contribution in [0.25, 0.3) is 0 Å². The second-order valence-corrected chi connectivity index (χ2v) is 5.60. The van der Waals surface area contributed by atoms with Gasteiger partial charge in [-0.25, -0.2) is 0 Å². The second kappa shape index (κ2) is 5.65. The molecule has 0 saturated carbocycles. The third-order valence-corrected chi connectivity index (χ3v) is 4.01. The summed E-state index contributed by atoms with van der Waals surface area (Å²) in [5, 5.41) is 0. The smallest absolute Gasteiger partial charge is 0.167 e. The van der Waals surface area contributed by atoms with Crippen molar-refractivity contribution in [2.45, 2.75) is 57.0 Å². The molecule has 4 heteroatoms. The molecule has 2 aliphatic heterocycles. The lowest BCUT2D eigenvalue weighted by Gasteiger charge is -2.37. The normalized spacial score (nSPS) is 39.7. The molecule has 0 amide bonds. The van der Waals surface area contributed by atoms with E-state index in [0.717, 1.165) is 12.8 Å². The topological polar surface area (TPSA) is 47.7 Å². The Labute approximate surface area is 104 Å². The minimum atomic E-state index is -0.393. The lowest BCUT2D eigenvalue weighted by molar-refractivity contribution is -0.169. The van der Waals surface area contributed by atoms with Crippen LogP contribution in [0.1, 0.15) is 39.0 Å². The van der Waals surface area contributed by atoms with E-state index in [1.54, 1.807) is 0 Å². The van der Waals surface area contributed by atoms with Crippen molar-refractivity contribution in [3.05, 3.63) is 0 Å². The zero-order valence-electron chi connectivity index (χ0n) is 11.2. The molecule has 0 aromatic rings. The molecule has 0 aromatic heterocycles. The molecule has 3 unspecified atom stereocenters. The minimum Gasteiger partial charge on any atom is -0.347 e. The van der Waals surface area contributed by atoms with Crippen LogP contribution in [-0.4, -0.2) is 49.6 Å². The molecule has 3 atom stereocenters. The molecule has 2 saturated heterocycles. The standard InChI is InChI=1S/C13H26N2O2/c1-13(16-10-12(17-13)6-7-14)9-11-5-3-4-8-15(11)2/h11-12H,3-10,14H2,1-2H3. The van der Waals surface area contributed by atoms with E-state index in [9.17, 15) is 0 Å². The van der Waals surface area contributed by atoms with Crippen molar-refractivity contribution in [3.8, 4) is 0 Å². The third-order valence-electron chi connectivity index (χ3n) is 4.01. The summed E-state index contributed by atoms with van der Waals surface area (Å²) in [6.07, 6.45) is 5.98. The van der Waals surface area contributed by atoms with Gasteiger partial charge in [-0.2, -0.15) is 0 Å². The quantitative estimate of drug-likeness (QED) is 0.808. The van der Waals surface area contributed by atoms with Crippen molar-refractivity contribution in [1.29, 1.82) is 0 Å². The van der Waals surface area contributed by atoms with Gasteiger partial charge >= 0.3 is 0 Å². The van der Waals surface area contributed by atoms with E-state index in [1.807, 2.05) is 0 Å². The summed E-state index contributed by atoms with van der Waals surface area (Å²) < 4.78 is 11.9. The summed E-state index contributed by atoms with van der Waals surface area (Å²) >= 11 is 0. The Balaban J connectivity index is 1.85. The molecule has 2 fully saturated rings. The minimum absolute atomic E-state index is 0.193. The molecule has 0 aromatic carbocycles. The van der Waals surface area contributed by atoms with Crippen molar-refractivity contribution >= 4 is 0 Å². The Morgan fingerprint density at radius 2 is 2.24 bits per heavy atom. The fourth-order valence-corrected chi connectivity index (χ4v) is 2.96. The van der Waals surface area contributed by atoms with Crippen LogP contribution in [0, 0.1) is 0 Å². The molecular formula is C13H26N2O2. The SMILES string of the molecule is CN1CCCCC1CC1(C)OCC(CCN)O1. The van der Waals surface area contributed by atoms with Crippen LogP contribution in [0.4, 0.5) is 0 Å². The average molecular weight is 242 g/mol. The van der Waals surface area contributed by atoms with Crippen LogP contribution in [-0.2, 0) is 9.47 Å². The van der Waals surface area contributed by atoms with Crippen LogP contribution >= 0.6 is 0 Å². The van der Waals surface area contributed by atoms with E-state index in [-0.39, 0.29) is 6.10 Å². The highest BCUT2D eigenvalue weighted by atomic mass is 16.7. The van der Waals surface area contributed by atoms with Crippen LogP contribution in [0.5, 0.6) is 0 Å². The molecule has 0 spiro atoms. The highest BCUT2D eigenvalue weighted by Gasteiger charge is 2.39. The number of hydrogen-bond donors (Lipinski definition) is 1. The first-order chi connectivity index (χ1) is 8.13. The van der Waals surface area contributed by atoms with Gasteiger partial charge in [-0.1, -0.05) is 6.42 Å². The van der Waals surface area contributed by atoms with Gasteiger partial charge in [0.25, 0.3) is 0 Å². The van der Waals surface area contributed by atoms with E-state index < -0.39 is 5.79 Å². The van der Waals surface area contributed by atoms with Crippen LogP contribution in [0.2, 0.25) is 0 Å². The Morgan fingerprint density at radius 3 is 2.94 bits per heavy atom. The van der Waals surface area contributed by atoms with E-state index in [2.05, 4.69) is 18.9 Å². The maximum absolute atomic E-state index is 6.01. The Kier molecular flexibility index (Phi) is 4.42. The van der Waals surface area contributed by atoms with Gasteiger partial charge in [0, 0.05) is 12.5 Å². The zero-order chi connectivity index (χ0) is 12.3. The summed E-state index contributed by atoms with van der Waals surface area (Å²) in [7, 11) is 2.21. The highest BCUT2D eigenvalue weighted by molar-refractivity contribution is 4.83. The second-order valence-electron chi connectivity index (χ2n) is 5.60. The zero-order valence-corrected chi connectivity index (χ0v) is 11.2. The van der Waals surface area contributed by atoms with E-state index in [1.165, 1.54) is 25.8 Å². The maximum atomic E-state index is 6.01. The predicted octanol–water partition coefficient (Wildman–Crippen LogP) is 1.34. The Bertz CT molecular complexity index is 250. The van der Waals surface area contributed by atoms with Gasteiger partial charge < -0.3 is 20.1 Å². The third kappa shape index (κ3) is 3.41. The van der Waals surface area contributed by atoms with Crippen molar-refractivity contribution in [3.63, 3.8) is 0 Å². The molecule has 0 radical (unpaired) electrons. The molecule has 2 heterocycles. The summed E-state index contributed by atoms with van der Waals surface area (Å²) in [5.41, 5.74) is 5.56. The maximum Gasteiger partial charge on any atom is 0.167 e. The number of rotatable bonds is 4. The summed E-state index contributed by atoms with van der Waals surface area (Å²) in [6.45, 7) is 4.65. The number of nitrogens with two attached hydrogens (primary N) is 1. The van der Waals surface area contributed by atoms with Crippen LogP contribution < -0.4 is 5.73 Å². The monoisotopic (exact) mass is 242 g/mol. The van der Waals surface area contributed by atoms with Crippen molar-refractivity contribution in [2.75, 3.05) is 26.7 Å². The van der Waals surface area contributed by atoms with Crippen LogP contribution in [0.3, 0.4) is 0 Å². The average Bonchev–Trinajstić information content (AvgIpc) is 2.64. The van der Waals surface area contributed by atoms with Gasteiger partial charge in [-0.05, 0) is 46.3 Å². The van der Waals surface area contributed by atoms with E-state index >= 15 is 0 Å². The van der Waals surface area contributed by atoms with Gasteiger partial charge in [0.05, 0.1) is 12.7 Å². The fraction of sp³-hybridized carbons (Fsp3) is 1.00. The van der Waals surface area contributed by atoms with Gasteiger partial charge in [0.1, 0.15) is 0 Å². The van der Waals surface area contributed by atoms with E-state index in [4.69, 9.17) is 15.2 Å².